The number of carbonyl (C=O) groups excluding carboxylic acids is 1. The zero-order valence-electron chi connectivity index (χ0n) is 14.7. The molecule has 2 heterocycles. The highest BCUT2D eigenvalue weighted by atomic mass is 16.3. The maximum Gasteiger partial charge on any atom is 0.253 e. The molecule has 1 saturated heterocycles. The molecule has 0 bridgehead atoms. The second-order valence-electron chi connectivity index (χ2n) is 6.87. The number of hydrogen-bond donors (Lipinski definition) is 1. The molecule has 0 unspecified atom stereocenters. The molecule has 1 aliphatic rings. The number of hydrogen-bond acceptors (Lipinski definition) is 5. The van der Waals surface area contributed by atoms with Gasteiger partial charge in [0, 0.05) is 37.0 Å². The zero-order valence-corrected chi connectivity index (χ0v) is 14.7. The third kappa shape index (κ3) is 4.05. The Kier molecular flexibility index (Phi) is 5.45. The minimum atomic E-state index is 0.00197. The summed E-state index contributed by atoms with van der Waals surface area (Å²) in [5.41, 5.74) is 1.50. The fraction of sp³-hybridized carbons (Fsp3) is 0.500. The summed E-state index contributed by atoms with van der Waals surface area (Å²) >= 11 is 0. The molecule has 0 spiro atoms. The number of rotatable bonds is 4. The Morgan fingerprint density at radius 1 is 1.24 bits per heavy atom. The van der Waals surface area contributed by atoms with Gasteiger partial charge >= 0.3 is 0 Å². The Labute approximate surface area is 147 Å². The van der Waals surface area contributed by atoms with Crippen LogP contribution in [0, 0.1) is 5.92 Å². The molecule has 1 N–H and O–H groups in total. The second kappa shape index (κ2) is 7.76. The SMILES string of the molecule is CN(C)[C@@H]1CC[C@H](CO)CN(C(=O)c2cccc(-n3cnnc3)c2)C1. The van der Waals surface area contributed by atoms with E-state index in [0.29, 0.717) is 24.7 Å². The van der Waals surface area contributed by atoms with E-state index < -0.39 is 0 Å². The van der Waals surface area contributed by atoms with Gasteiger partial charge in [-0.05, 0) is 51.1 Å². The van der Waals surface area contributed by atoms with Gasteiger partial charge in [-0.2, -0.15) is 0 Å². The van der Waals surface area contributed by atoms with E-state index in [0.717, 1.165) is 18.5 Å². The fourth-order valence-corrected chi connectivity index (χ4v) is 3.30. The van der Waals surface area contributed by atoms with Crippen molar-refractivity contribution in [2.45, 2.75) is 18.9 Å². The quantitative estimate of drug-likeness (QED) is 0.898. The third-order valence-electron chi connectivity index (χ3n) is 4.90. The molecule has 1 aliphatic heterocycles. The van der Waals surface area contributed by atoms with Gasteiger partial charge in [0.05, 0.1) is 0 Å². The number of likely N-dealkylation sites (tertiary alicyclic amines) is 1. The maximum atomic E-state index is 13.1. The van der Waals surface area contributed by atoms with Crippen LogP contribution in [0.3, 0.4) is 0 Å². The third-order valence-corrected chi connectivity index (χ3v) is 4.90. The van der Waals surface area contributed by atoms with Gasteiger partial charge in [-0.1, -0.05) is 6.07 Å². The molecule has 2 atom stereocenters. The lowest BCUT2D eigenvalue weighted by molar-refractivity contribution is 0.0689. The van der Waals surface area contributed by atoms with Crippen LogP contribution in [0.2, 0.25) is 0 Å². The molecule has 1 aromatic heterocycles. The summed E-state index contributed by atoms with van der Waals surface area (Å²) < 4.78 is 1.78. The number of aliphatic hydroxyl groups is 1. The van der Waals surface area contributed by atoms with Crippen molar-refractivity contribution in [2.24, 2.45) is 5.92 Å². The highest BCUT2D eigenvalue weighted by Crippen LogP contribution is 2.21. The average molecular weight is 343 g/mol. The first-order valence-corrected chi connectivity index (χ1v) is 8.60. The van der Waals surface area contributed by atoms with Gasteiger partial charge < -0.3 is 14.9 Å². The van der Waals surface area contributed by atoms with Crippen LogP contribution in [0.5, 0.6) is 0 Å². The van der Waals surface area contributed by atoms with Crippen molar-refractivity contribution in [3.63, 3.8) is 0 Å². The van der Waals surface area contributed by atoms with Gasteiger partial charge in [0.1, 0.15) is 12.7 Å². The average Bonchev–Trinajstić information content (AvgIpc) is 3.07. The number of likely N-dealkylation sites (N-methyl/N-ethyl adjacent to an activating group) is 1. The van der Waals surface area contributed by atoms with Crippen LogP contribution in [-0.4, -0.2) is 75.4 Å². The summed E-state index contributed by atoms with van der Waals surface area (Å²) in [5.74, 6) is 0.136. The molecule has 3 rings (SSSR count). The molecular formula is C18H25N5O2. The summed E-state index contributed by atoms with van der Waals surface area (Å²) in [6.07, 6.45) is 5.14. The summed E-state index contributed by atoms with van der Waals surface area (Å²) in [6, 6.07) is 7.78. The lowest BCUT2D eigenvalue weighted by Crippen LogP contribution is -2.42. The van der Waals surface area contributed by atoms with Gasteiger partial charge in [0.25, 0.3) is 5.91 Å². The van der Waals surface area contributed by atoms with E-state index in [4.69, 9.17) is 0 Å². The van der Waals surface area contributed by atoms with E-state index in [1.165, 1.54) is 0 Å². The minimum absolute atomic E-state index is 0.00197. The minimum Gasteiger partial charge on any atom is -0.396 e. The van der Waals surface area contributed by atoms with Gasteiger partial charge in [0.2, 0.25) is 0 Å². The molecule has 0 aliphatic carbocycles. The van der Waals surface area contributed by atoms with Gasteiger partial charge in [-0.25, -0.2) is 0 Å². The number of aliphatic hydroxyl groups excluding tert-OH is 1. The predicted molar refractivity (Wildman–Crippen MR) is 94.5 cm³/mol. The molecule has 1 aromatic carbocycles. The number of carbonyl (C=O) groups is 1. The summed E-state index contributed by atoms with van der Waals surface area (Å²) in [7, 11) is 4.08. The predicted octanol–water partition coefficient (Wildman–Crippen LogP) is 1.04. The zero-order chi connectivity index (χ0) is 17.8. The molecule has 1 fully saturated rings. The van der Waals surface area contributed by atoms with Gasteiger partial charge in [-0.15, -0.1) is 10.2 Å². The van der Waals surface area contributed by atoms with Crippen LogP contribution in [0.1, 0.15) is 23.2 Å². The standard InChI is InChI=1S/C18H25N5O2/c1-21(2)17-7-6-14(11-24)9-22(10-17)18(25)15-4-3-5-16(8-15)23-12-19-20-13-23/h3-5,8,12-14,17,24H,6-7,9-11H2,1-2H3/t14-,17+/m0/s1. The van der Waals surface area contributed by atoms with Crippen molar-refractivity contribution in [1.82, 2.24) is 24.6 Å². The van der Waals surface area contributed by atoms with Crippen molar-refractivity contribution in [2.75, 3.05) is 33.8 Å². The number of nitrogens with zero attached hydrogens (tertiary/aromatic N) is 5. The monoisotopic (exact) mass is 343 g/mol. The van der Waals surface area contributed by atoms with Crippen molar-refractivity contribution in [3.05, 3.63) is 42.5 Å². The Bertz CT molecular complexity index is 701. The van der Waals surface area contributed by atoms with Crippen molar-refractivity contribution in [3.8, 4) is 5.69 Å². The first-order chi connectivity index (χ1) is 12.1. The lowest BCUT2D eigenvalue weighted by atomic mass is 10.0. The van der Waals surface area contributed by atoms with Crippen molar-refractivity contribution >= 4 is 5.91 Å². The summed E-state index contributed by atoms with van der Waals surface area (Å²) in [6.45, 7) is 1.39. The van der Waals surface area contributed by atoms with Crippen LogP contribution in [0.4, 0.5) is 0 Å². The van der Waals surface area contributed by atoms with E-state index in [-0.39, 0.29) is 18.4 Å². The van der Waals surface area contributed by atoms with Crippen LogP contribution in [0.25, 0.3) is 5.69 Å². The smallest absolute Gasteiger partial charge is 0.253 e. The number of aromatic nitrogens is 3. The molecule has 1 amide bonds. The van der Waals surface area contributed by atoms with Crippen LogP contribution in [-0.2, 0) is 0 Å². The van der Waals surface area contributed by atoms with Crippen LogP contribution in [0.15, 0.2) is 36.9 Å². The van der Waals surface area contributed by atoms with Gasteiger partial charge in [-0.3, -0.25) is 9.36 Å². The summed E-state index contributed by atoms with van der Waals surface area (Å²) in [5, 5.41) is 17.2. The number of amides is 1. The molecule has 0 radical (unpaired) electrons. The molecule has 2 aromatic rings. The molecule has 134 valence electrons. The van der Waals surface area contributed by atoms with Crippen molar-refractivity contribution < 1.29 is 9.90 Å². The van der Waals surface area contributed by atoms with Crippen molar-refractivity contribution in [1.29, 1.82) is 0 Å². The fourth-order valence-electron chi connectivity index (χ4n) is 3.30. The maximum absolute atomic E-state index is 13.1. The second-order valence-corrected chi connectivity index (χ2v) is 6.87. The molecule has 7 heteroatoms. The Balaban J connectivity index is 1.83. The van der Waals surface area contributed by atoms with Gasteiger partial charge in [0.15, 0.2) is 0 Å². The molecular weight excluding hydrogens is 318 g/mol. The Morgan fingerprint density at radius 3 is 2.68 bits per heavy atom. The Hall–Kier alpha value is -2.25. The van der Waals surface area contributed by atoms with E-state index in [1.807, 2.05) is 43.3 Å². The van der Waals surface area contributed by atoms with E-state index in [1.54, 1.807) is 17.2 Å². The Morgan fingerprint density at radius 2 is 2.00 bits per heavy atom. The lowest BCUT2D eigenvalue weighted by Gasteiger charge is -2.29. The molecule has 7 nitrogen and oxygen atoms in total. The van der Waals surface area contributed by atoms with Crippen LogP contribution >= 0.6 is 0 Å². The highest BCUT2D eigenvalue weighted by Gasteiger charge is 2.28. The van der Waals surface area contributed by atoms with Crippen LogP contribution < -0.4 is 0 Å². The normalized spacial score (nSPS) is 21.4. The summed E-state index contributed by atoms with van der Waals surface area (Å²) in [4.78, 5) is 17.1. The molecule has 25 heavy (non-hydrogen) atoms. The largest absolute Gasteiger partial charge is 0.396 e. The van der Waals surface area contributed by atoms with E-state index in [2.05, 4.69) is 15.1 Å². The topological polar surface area (TPSA) is 74.5 Å². The van der Waals surface area contributed by atoms with E-state index >= 15 is 0 Å². The first kappa shape index (κ1) is 17.6. The first-order valence-electron chi connectivity index (χ1n) is 8.60. The molecule has 0 saturated carbocycles. The highest BCUT2D eigenvalue weighted by molar-refractivity contribution is 5.94. The van der Waals surface area contributed by atoms with E-state index in [9.17, 15) is 9.90 Å². The number of benzene rings is 1.